The first-order valence-electron chi connectivity index (χ1n) is 9.00. The van der Waals surface area contributed by atoms with Gasteiger partial charge in [0.05, 0.1) is 18.7 Å². The lowest BCUT2D eigenvalue weighted by atomic mass is 10.1. The van der Waals surface area contributed by atoms with Crippen LogP contribution < -0.4 is 5.43 Å². The smallest absolute Gasteiger partial charge is 0.341 e. The van der Waals surface area contributed by atoms with Crippen molar-refractivity contribution in [2.24, 2.45) is 0 Å². The highest BCUT2D eigenvalue weighted by Crippen LogP contribution is 2.21. The first-order valence-corrected chi connectivity index (χ1v) is 9.38. The zero-order chi connectivity index (χ0) is 19.7. The molecular weight excluding hydrogens is 380 g/mol. The van der Waals surface area contributed by atoms with Crippen LogP contribution in [0.15, 0.2) is 53.5 Å². The lowest BCUT2D eigenvalue weighted by molar-refractivity contribution is 0.0342. The van der Waals surface area contributed by atoms with Crippen LogP contribution in [0.3, 0.4) is 0 Å². The van der Waals surface area contributed by atoms with Crippen LogP contribution in [0.5, 0.6) is 0 Å². The van der Waals surface area contributed by atoms with Crippen LogP contribution >= 0.6 is 11.6 Å². The highest BCUT2D eigenvalue weighted by Gasteiger charge is 2.17. The first kappa shape index (κ1) is 18.7. The normalized spacial score (nSPS) is 15.0. The maximum atomic E-state index is 12.8. The monoisotopic (exact) mass is 398 g/mol. The van der Waals surface area contributed by atoms with E-state index in [1.54, 1.807) is 34.9 Å². The van der Waals surface area contributed by atoms with Crippen molar-refractivity contribution in [1.29, 1.82) is 0 Å². The van der Waals surface area contributed by atoms with Crippen molar-refractivity contribution >= 4 is 28.5 Å². The summed E-state index contributed by atoms with van der Waals surface area (Å²) in [4.78, 5) is 26.7. The van der Waals surface area contributed by atoms with Gasteiger partial charge in [0.25, 0.3) is 0 Å². The third kappa shape index (κ3) is 3.67. The van der Waals surface area contributed by atoms with E-state index in [9.17, 15) is 14.7 Å². The van der Waals surface area contributed by atoms with Crippen molar-refractivity contribution in [2.75, 3.05) is 26.3 Å². The molecule has 144 valence electrons. The van der Waals surface area contributed by atoms with Gasteiger partial charge in [0.1, 0.15) is 5.56 Å². The number of halogens is 1. The number of ether oxygens (including phenoxy) is 1. The summed E-state index contributed by atoms with van der Waals surface area (Å²) in [5, 5.41) is 10.5. The summed E-state index contributed by atoms with van der Waals surface area (Å²) >= 11 is 5.97. The van der Waals surface area contributed by atoms with E-state index in [1.807, 2.05) is 12.1 Å². The number of carbonyl (C=O) groups is 1. The number of aromatic nitrogens is 1. The molecule has 0 aliphatic carbocycles. The molecule has 0 unspecified atom stereocenters. The Kier molecular flexibility index (Phi) is 5.17. The summed E-state index contributed by atoms with van der Waals surface area (Å²) < 4.78 is 7.09. The second-order valence-electron chi connectivity index (χ2n) is 6.76. The molecule has 1 fully saturated rings. The predicted octanol–water partition coefficient (Wildman–Crippen LogP) is 3.17. The van der Waals surface area contributed by atoms with Crippen molar-refractivity contribution in [3.8, 4) is 5.69 Å². The van der Waals surface area contributed by atoms with Crippen molar-refractivity contribution in [3.63, 3.8) is 0 Å². The maximum Gasteiger partial charge on any atom is 0.341 e. The molecule has 2 aromatic carbocycles. The minimum absolute atomic E-state index is 0.258. The van der Waals surface area contributed by atoms with Gasteiger partial charge in [-0.05, 0) is 42.0 Å². The summed E-state index contributed by atoms with van der Waals surface area (Å²) in [6.45, 7) is 3.75. The number of carboxylic acids is 1. The van der Waals surface area contributed by atoms with E-state index in [1.165, 1.54) is 6.20 Å². The van der Waals surface area contributed by atoms with Crippen LogP contribution in [0.4, 0.5) is 0 Å². The molecule has 3 aromatic rings. The molecular formula is C21H19ClN2O4. The van der Waals surface area contributed by atoms with Crippen LogP contribution in [0, 0.1) is 0 Å². The standard InChI is InChI=1S/C21H19ClN2O4/c22-15-2-4-16(5-3-15)24-13-18(21(26)27)20(25)17-11-14(1-6-19(17)24)12-23-7-9-28-10-8-23/h1-6,11,13H,7-10,12H2,(H,26,27). The second-order valence-corrected chi connectivity index (χ2v) is 7.20. The van der Waals surface area contributed by atoms with Crippen molar-refractivity contribution in [1.82, 2.24) is 9.47 Å². The van der Waals surface area contributed by atoms with E-state index >= 15 is 0 Å². The van der Waals surface area contributed by atoms with Crippen LogP contribution in [0.25, 0.3) is 16.6 Å². The molecule has 0 atom stereocenters. The van der Waals surface area contributed by atoms with Crippen molar-refractivity contribution in [2.45, 2.75) is 6.54 Å². The Morgan fingerprint density at radius 3 is 2.50 bits per heavy atom. The van der Waals surface area contributed by atoms with Gasteiger partial charge in [-0.15, -0.1) is 0 Å². The van der Waals surface area contributed by atoms with E-state index in [2.05, 4.69) is 4.90 Å². The SMILES string of the molecule is O=C(O)c1cn(-c2ccc(Cl)cc2)c2ccc(CN3CCOCC3)cc2c1=O. The van der Waals surface area contributed by atoms with E-state index < -0.39 is 11.4 Å². The molecule has 1 aliphatic rings. The largest absolute Gasteiger partial charge is 0.477 e. The summed E-state index contributed by atoms with van der Waals surface area (Å²) in [6.07, 6.45) is 1.37. The van der Waals surface area contributed by atoms with Crippen molar-refractivity contribution in [3.05, 3.63) is 75.0 Å². The maximum absolute atomic E-state index is 12.8. The van der Waals surface area contributed by atoms with Crippen LogP contribution in [-0.2, 0) is 11.3 Å². The zero-order valence-corrected chi connectivity index (χ0v) is 15.9. The fraction of sp³-hybridized carbons (Fsp3) is 0.238. The molecule has 28 heavy (non-hydrogen) atoms. The molecule has 7 heteroatoms. The molecule has 1 aliphatic heterocycles. The molecule has 0 amide bonds. The third-order valence-electron chi connectivity index (χ3n) is 4.91. The van der Waals surface area contributed by atoms with Gasteiger partial charge in [0.15, 0.2) is 0 Å². The number of aromatic carboxylic acids is 1. The highest BCUT2D eigenvalue weighted by molar-refractivity contribution is 6.30. The molecule has 0 spiro atoms. The van der Waals surface area contributed by atoms with Gasteiger partial charge in [-0.1, -0.05) is 17.7 Å². The number of fused-ring (bicyclic) bond motifs is 1. The van der Waals surface area contributed by atoms with E-state index in [0.29, 0.717) is 35.7 Å². The fourth-order valence-electron chi connectivity index (χ4n) is 3.46. The number of carboxylic acid groups (broad SMARTS) is 1. The molecule has 2 heterocycles. The number of hydrogen-bond donors (Lipinski definition) is 1. The summed E-state index contributed by atoms with van der Waals surface area (Å²) in [5.41, 5.74) is 1.63. The Morgan fingerprint density at radius 1 is 1.11 bits per heavy atom. The van der Waals surface area contributed by atoms with E-state index in [4.69, 9.17) is 16.3 Å². The lowest BCUT2D eigenvalue weighted by Gasteiger charge is -2.26. The van der Waals surface area contributed by atoms with E-state index in [0.717, 1.165) is 24.3 Å². The van der Waals surface area contributed by atoms with E-state index in [-0.39, 0.29) is 5.56 Å². The summed E-state index contributed by atoms with van der Waals surface area (Å²) in [7, 11) is 0. The molecule has 4 rings (SSSR count). The number of benzene rings is 2. The lowest BCUT2D eigenvalue weighted by Crippen LogP contribution is -2.35. The average molecular weight is 399 g/mol. The van der Waals surface area contributed by atoms with Gasteiger partial charge in [0.2, 0.25) is 5.43 Å². The van der Waals surface area contributed by atoms with Crippen LogP contribution in [0.1, 0.15) is 15.9 Å². The molecule has 1 aromatic heterocycles. The molecule has 0 radical (unpaired) electrons. The summed E-state index contributed by atoms with van der Waals surface area (Å²) in [6, 6.07) is 12.7. The average Bonchev–Trinajstić information content (AvgIpc) is 2.70. The Bertz CT molecular complexity index is 1090. The number of hydrogen-bond acceptors (Lipinski definition) is 4. The van der Waals surface area contributed by atoms with Gasteiger partial charge in [0, 0.05) is 41.9 Å². The zero-order valence-electron chi connectivity index (χ0n) is 15.1. The molecule has 6 nitrogen and oxygen atoms in total. The number of rotatable bonds is 4. The molecule has 1 N–H and O–H groups in total. The van der Waals surface area contributed by atoms with Gasteiger partial charge in [-0.2, -0.15) is 0 Å². The van der Waals surface area contributed by atoms with Crippen LogP contribution in [0.2, 0.25) is 5.02 Å². The summed E-state index contributed by atoms with van der Waals surface area (Å²) in [5.74, 6) is -1.24. The molecule has 0 bridgehead atoms. The topological polar surface area (TPSA) is 71.8 Å². The Balaban J connectivity index is 1.85. The highest BCUT2D eigenvalue weighted by atomic mass is 35.5. The Hall–Kier alpha value is -2.67. The molecule has 0 saturated carbocycles. The van der Waals surface area contributed by atoms with Gasteiger partial charge >= 0.3 is 5.97 Å². The molecule has 1 saturated heterocycles. The number of nitrogens with zero attached hydrogens (tertiary/aromatic N) is 2. The quantitative estimate of drug-likeness (QED) is 0.730. The van der Waals surface area contributed by atoms with Gasteiger partial charge < -0.3 is 14.4 Å². The number of pyridine rings is 1. The fourth-order valence-corrected chi connectivity index (χ4v) is 3.59. The number of morpholine rings is 1. The minimum atomic E-state index is -1.24. The Morgan fingerprint density at radius 2 is 1.82 bits per heavy atom. The second kappa shape index (κ2) is 7.75. The van der Waals surface area contributed by atoms with Crippen LogP contribution in [-0.4, -0.2) is 46.8 Å². The first-order chi connectivity index (χ1) is 13.5. The third-order valence-corrected chi connectivity index (χ3v) is 5.17. The van der Waals surface area contributed by atoms with Gasteiger partial charge in [-0.25, -0.2) is 4.79 Å². The Labute approximate surface area is 166 Å². The van der Waals surface area contributed by atoms with Gasteiger partial charge in [-0.3, -0.25) is 9.69 Å². The predicted molar refractivity (Wildman–Crippen MR) is 108 cm³/mol. The minimum Gasteiger partial charge on any atom is -0.477 e. The van der Waals surface area contributed by atoms with Crippen molar-refractivity contribution < 1.29 is 14.6 Å².